The van der Waals surface area contributed by atoms with Gasteiger partial charge in [0.25, 0.3) is 0 Å². The molecule has 0 atom stereocenters. The van der Waals surface area contributed by atoms with Crippen molar-refractivity contribution in [3.8, 4) is 89.5 Å². The SMILES string of the molecule is Cc1ccc2c(n1)oc1c(-c3cc(-c4ccccc4)c(C)c[n+]3C)c(C)ccc12.Cc1ccc2c(n1)oc1c(-c3cc(-c4ccccc4)cc[n+]3C)c(C)ccc12.[2H]C([2H])([2H])c1c[n+](C)c(-c2c(C)cc(C([2H])([2H])[2H])c3c2oc2ncccc23)cc1-c1ccccc1.[2H]C([2H])([2H])c1cc(C)c(-c2cc(-c3ccccc3)cc[n+]2C)c2oc3ncccc3c12. The molecular formula is C102H88N8O4+4. The second-order valence-electron chi connectivity index (χ2n) is 29.4. The third-order valence-electron chi connectivity index (χ3n) is 21.6. The number of aryl methyl sites for hydroxylation is 14. The monoisotopic (exact) mass is 1500 g/mol. The molecule has 0 bridgehead atoms. The molecule has 0 fully saturated rings. The van der Waals surface area contributed by atoms with E-state index in [0.717, 1.165) is 100 Å². The summed E-state index contributed by atoms with van der Waals surface area (Å²) in [5.74, 6) is 0. The Balaban J connectivity index is 0.000000117. The number of hydrogen-bond donors (Lipinski definition) is 0. The van der Waals surface area contributed by atoms with Crippen molar-refractivity contribution in [2.75, 3.05) is 0 Å². The zero-order valence-corrected chi connectivity index (χ0v) is 65.3. The van der Waals surface area contributed by atoms with E-state index in [0.29, 0.717) is 77.9 Å². The summed E-state index contributed by atoms with van der Waals surface area (Å²) in [4.78, 5) is 17.8. The fourth-order valence-electron chi connectivity index (χ4n) is 15.9. The van der Waals surface area contributed by atoms with Crippen LogP contribution in [0.15, 0.2) is 298 Å². The second kappa shape index (κ2) is 30.1. The van der Waals surface area contributed by atoms with Crippen LogP contribution in [0.5, 0.6) is 0 Å². The van der Waals surface area contributed by atoms with E-state index in [1.807, 2.05) is 124 Å². The maximum absolute atomic E-state index is 8.13. The van der Waals surface area contributed by atoms with Crippen molar-refractivity contribution in [1.29, 1.82) is 0 Å². The van der Waals surface area contributed by atoms with E-state index in [1.54, 1.807) is 60.5 Å². The number of aromatic nitrogens is 8. The van der Waals surface area contributed by atoms with Gasteiger partial charge in [-0.05, 0) is 195 Å². The first kappa shape index (κ1) is 62.9. The van der Waals surface area contributed by atoms with Crippen molar-refractivity contribution in [1.82, 2.24) is 19.9 Å². The van der Waals surface area contributed by atoms with Crippen LogP contribution in [0.3, 0.4) is 0 Å². The summed E-state index contributed by atoms with van der Waals surface area (Å²) in [5, 5.41) is 6.77. The standard InChI is InChI=1S/2C26H23N2O.2C25H21N2O/c1-16-13-17(2)24(25-23(16)20-11-8-12-27-26(20)29-25)22-14-21(18(3)15-28(22)4)19-9-6-5-7-10-19;1-16-10-12-20-21-13-11-18(3)27-26(21)29-25(20)24(16)23-14-22(17(2)15-28(23)4)19-8-6-5-7-9-19;1-16-14-17(2)23(24-22(16)20-10-7-12-26-25(20)28-24)21-15-19(11-13-27(21)3)18-8-5-4-6-9-18;1-16-9-11-20-21-12-10-17(2)26-25(21)28-24(20)23(16)22-15-19(13-14-27(22)3)18-7-5-4-6-8-18/h2*5-15H,1-4H3;2*4-15H,1-3H3/q4*+1/i1D3,3D3;;1D3;. The molecule has 0 amide bonds. The van der Waals surface area contributed by atoms with Gasteiger partial charge in [-0.15, -0.1) is 0 Å². The molecule has 12 heteroatoms. The van der Waals surface area contributed by atoms with Gasteiger partial charge in [-0.2, -0.15) is 0 Å². The highest BCUT2D eigenvalue weighted by molar-refractivity contribution is 6.13. The van der Waals surface area contributed by atoms with Gasteiger partial charge in [0.2, 0.25) is 45.6 Å². The zero-order chi connectivity index (χ0) is 86.2. The molecule has 0 aliphatic carbocycles. The van der Waals surface area contributed by atoms with Crippen LogP contribution in [-0.4, -0.2) is 19.9 Å². The highest BCUT2D eigenvalue weighted by Gasteiger charge is 2.29. The Hall–Kier alpha value is -13.8. The smallest absolute Gasteiger partial charge is 0.227 e. The largest absolute Gasteiger partial charge is 0.437 e. The van der Waals surface area contributed by atoms with Crippen LogP contribution in [0.2, 0.25) is 0 Å². The number of nitrogens with zero attached hydrogens (tertiary/aromatic N) is 8. The number of pyridine rings is 8. The third kappa shape index (κ3) is 13.5. The van der Waals surface area contributed by atoms with Crippen molar-refractivity contribution in [3.05, 3.63) is 336 Å². The van der Waals surface area contributed by atoms with Crippen molar-refractivity contribution in [3.63, 3.8) is 0 Å². The van der Waals surface area contributed by atoms with Crippen molar-refractivity contribution >= 4 is 88.3 Å². The Bertz CT molecular complexity index is 7520. The quantitative estimate of drug-likeness (QED) is 0.138. The minimum Gasteiger partial charge on any atom is -0.437 e. The molecule has 12 nitrogen and oxygen atoms in total. The maximum atomic E-state index is 8.13. The van der Waals surface area contributed by atoms with Gasteiger partial charge in [0.15, 0.2) is 47.1 Å². The molecule has 20 rings (SSSR count). The molecular weight excluding hydrogens is 1400 g/mol. The summed E-state index contributed by atoms with van der Waals surface area (Å²) in [5.41, 5.74) is 28.9. The lowest BCUT2D eigenvalue weighted by molar-refractivity contribution is -0.660. The molecule has 0 aliphatic heterocycles. The van der Waals surface area contributed by atoms with Crippen LogP contribution in [-0.2, 0) is 28.2 Å². The second-order valence-corrected chi connectivity index (χ2v) is 29.4. The van der Waals surface area contributed by atoms with E-state index >= 15 is 0 Å². The minimum absolute atomic E-state index is 0.200. The molecule has 0 spiro atoms. The summed E-state index contributed by atoms with van der Waals surface area (Å²) in [7, 11) is 7.94. The summed E-state index contributed by atoms with van der Waals surface area (Å²) in [6.07, 6.45) is 11.2. The molecule has 114 heavy (non-hydrogen) atoms. The fourth-order valence-corrected chi connectivity index (χ4v) is 15.9. The Labute approximate surface area is 675 Å². The highest BCUT2D eigenvalue weighted by atomic mass is 16.4. The van der Waals surface area contributed by atoms with Gasteiger partial charge in [0.1, 0.15) is 28.2 Å². The van der Waals surface area contributed by atoms with Crippen LogP contribution >= 0.6 is 0 Å². The van der Waals surface area contributed by atoms with Gasteiger partial charge in [0, 0.05) is 127 Å². The Kier molecular flexibility index (Phi) is 16.6. The van der Waals surface area contributed by atoms with Gasteiger partial charge in [-0.25, -0.2) is 38.2 Å². The van der Waals surface area contributed by atoms with E-state index in [-0.39, 0.29) is 16.7 Å². The summed E-state index contributed by atoms with van der Waals surface area (Å²) < 4.78 is 106. The molecule has 12 heterocycles. The van der Waals surface area contributed by atoms with Gasteiger partial charge in [0.05, 0.1) is 22.3 Å². The molecule has 12 aromatic heterocycles. The topological polar surface area (TPSA) is 120 Å². The Morgan fingerprint density at radius 3 is 1.04 bits per heavy atom. The molecule has 556 valence electrons. The van der Waals surface area contributed by atoms with E-state index < -0.39 is 20.6 Å². The molecule has 0 aliphatic rings. The first-order chi connectivity index (χ1) is 58.9. The summed E-state index contributed by atoms with van der Waals surface area (Å²) in [6.45, 7) is 7.25. The third-order valence-corrected chi connectivity index (χ3v) is 21.6. The normalized spacial score (nSPS) is 12.9. The van der Waals surface area contributed by atoms with Gasteiger partial charge >= 0.3 is 0 Å². The van der Waals surface area contributed by atoms with Crippen molar-refractivity contribution in [2.45, 2.75) is 69.0 Å². The molecule has 0 N–H and O–H groups in total. The minimum atomic E-state index is -2.35. The van der Waals surface area contributed by atoms with Crippen molar-refractivity contribution in [2.24, 2.45) is 28.2 Å². The average molecular weight is 1500 g/mol. The Morgan fingerprint density at radius 1 is 0.272 bits per heavy atom. The predicted molar refractivity (Wildman–Crippen MR) is 462 cm³/mol. The average Bonchev–Trinajstić information content (AvgIpc) is 1.59. The van der Waals surface area contributed by atoms with Gasteiger partial charge in [-0.1, -0.05) is 158 Å². The van der Waals surface area contributed by atoms with Crippen LogP contribution in [0, 0.1) is 69.0 Å². The van der Waals surface area contributed by atoms with E-state index in [4.69, 9.17) is 30.0 Å². The van der Waals surface area contributed by atoms with Crippen molar-refractivity contribution < 1.29 is 48.3 Å². The lowest BCUT2D eigenvalue weighted by Crippen LogP contribution is -2.31. The van der Waals surface area contributed by atoms with Crippen LogP contribution < -0.4 is 18.3 Å². The number of rotatable bonds is 8. The lowest BCUT2D eigenvalue weighted by atomic mass is 9.94. The van der Waals surface area contributed by atoms with E-state index in [1.165, 1.54) is 38.9 Å². The number of hydrogen-bond acceptors (Lipinski definition) is 8. The number of benzene rings is 8. The van der Waals surface area contributed by atoms with E-state index in [2.05, 4.69) is 210 Å². The number of fused-ring (bicyclic) bond motifs is 12. The van der Waals surface area contributed by atoms with E-state index in [9.17, 15) is 0 Å². The molecule has 0 saturated carbocycles. The van der Waals surface area contributed by atoms with Crippen LogP contribution in [0.1, 0.15) is 68.2 Å². The molecule has 0 radical (unpaired) electrons. The van der Waals surface area contributed by atoms with Crippen LogP contribution in [0.25, 0.3) is 178 Å². The van der Waals surface area contributed by atoms with Gasteiger partial charge in [-0.3, -0.25) is 0 Å². The first-order valence-corrected chi connectivity index (χ1v) is 37.9. The van der Waals surface area contributed by atoms with Gasteiger partial charge < -0.3 is 17.7 Å². The zero-order valence-electron chi connectivity index (χ0n) is 74.3. The molecule has 0 unspecified atom stereocenters. The summed E-state index contributed by atoms with van der Waals surface area (Å²) >= 11 is 0. The lowest BCUT2D eigenvalue weighted by Gasteiger charge is -2.11. The molecule has 8 aromatic carbocycles. The molecule has 20 aromatic rings. The molecule has 0 saturated heterocycles. The fraction of sp³-hybridized carbons (Fsp3) is 0.137. The maximum Gasteiger partial charge on any atom is 0.227 e. The van der Waals surface area contributed by atoms with Crippen LogP contribution in [0.4, 0.5) is 0 Å². The summed E-state index contributed by atoms with van der Waals surface area (Å²) in [6, 6.07) is 80.8. The number of furan rings is 4. The highest BCUT2D eigenvalue weighted by Crippen LogP contribution is 2.44. The Morgan fingerprint density at radius 2 is 0.632 bits per heavy atom. The first-order valence-electron chi connectivity index (χ1n) is 42.4. The predicted octanol–water partition coefficient (Wildman–Crippen LogP) is 23.6.